The molecule has 0 aromatic carbocycles. The third kappa shape index (κ3) is 3.25. The summed E-state index contributed by atoms with van der Waals surface area (Å²) in [6, 6.07) is 0. The molecule has 2 N–H and O–H groups in total. The van der Waals surface area contributed by atoms with Crippen LogP contribution in [0.4, 0.5) is 0 Å². The lowest BCUT2D eigenvalue weighted by Gasteiger charge is -2.32. The summed E-state index contributed by atoms with van der Waals surface area (Å²) >= 11 is 0. The lowest BCUT2D eigenvalue weighted by Crippen LogP contribution is -2.48. The average molecular weight is 199 g/mol. The van der Waals surface area contributed by atoms with Gasteiger partial charge >= 0.3 is 0 Å². The normalized spacial score (nSPS) is 34.1. The van der Waals surface area contributed by atoms with Crippen molar-refractivity contribution in [3.8, 4) is 0 Å². The van der Waals surface area contributed by atoms with Crippen LogP contribution in [0.2, 0.25) is 0 Å². The molecule has 2 unspecified atom stereocenters. The largest absolute Gasteiger partial charge is 0.394 e. The predicted molar refractivity (Wildman–Crippen MR) is 60.4 cm³/mol. The van der Waals surface area contributed by atoms with E-state index < -0.39 is 0 Å². The van der Waals surface area contributed by atoms with Crippen LogP contribution in [-0.2, 0) is 0 Å². The van der Waals surface area contributed by atoms with Gasteiger partial charge in [-0.2, -0.15) is 0 Å². The van der Waals surface area contributed by atoms with Crippen molar-refractivity contribution >= 4 is 0 Å². The first kappa shape index (κ1) is 12.0. The molecule has 0 spiro atoms. The molecule has 1 saturated carbocycles. The van der Waals surface area contributed by atoms with E-state index in [0.717, 1.165) is 31.7 Å². The van der Waals surface area contributed by atoms with Crippen LogP contribution >= 0.6 is 0 Å². The standard InChI is InChI=1S/C12H25NO/c1-3-9-13-12(10-14)7-4-5-11(2)6-8-12/h11,13-14H,3-10H2,1-2H3. The maximum atomic E-state index is 9.52. The minimum Gasteiger partial charge on any atom is -0.394 e. The highest BCUT2D eigenvalue weighted by atomic mass is 16.3. The van der Waals surface area contributed by atoms with E-state index in [1.165, 1.54) is 19.3 Å². The molecule has 0 amide bonds. The van der Waals surface area contributed by atoms with Crippen LogP contribution < -0.4 is 5.32 Å². The van der Waals surface area contributed by atoms with Crippen LogP contribution in [-0.4, -0.2) is 23.8 Å². The Morgan fingerprint density at radius 3 is 2.79 bits per heavy atom. The highest BCUT2D eigenvalue weighted by Gasteiger charge is 2.30. The Morgan fingerprint density at radius 2 is 2.14 bits per heavy atom. The molecule has 1 fully saturated rings. The van der Waals surface area contributed by atoms with Gasteiger partial charge in [-0.15, -0.1) is 0 Å². The van der Waals surface area contributed by atoms with Gasteiger partial charge in [0.2, 0.25) is 0 Å². The first-order chi connectivity index (χ1) is 6.72. The Hall–Kier alpha value is -0.0800. The Bertz CT molecular complexity index is 156. The molecule has 0 aromatic rings. The van der Waals surface area contributed by atoms with Gasteiger partial charge in [0.15, 0.2) is 0 Å². The number of hydrogen-bond donors (Lipinski definition) is 2. The first-order valence-corrected chi connectivity index (χ1v) is 6.08. The van der Waals surface area contributed by atoms with Crippen LogP contribution in [0.5, 0.6) is 0 Å². The van der Waals surface area contributed by atoms with Crippen LogP contribution in [0.3, 0.4) is 0 Å². The zero-order valence-corrected chi connectivity index (χ0v) is 9.68. The lowest BCUT2D eigenvalue weighted by atomic mass is 9.90. The molecule has 0 bridgehead atoms. The molecule has 2 heteroatoms. The van der Waals surface area contributed by atoms with Crippen LogP contribution in [0.15, 0.2) is 0 Å². The monoisotopic (exact) mass is 199 g/mol. The van der Waals surface area contributed by atoms with Crippen LogP contribution in [0.25, 0.3) is 0 Å². The van der Waals surface area contributed by atoms with Gasteiger partial charge in [-0.1, -0.05) is 26.7 Å². The fourth-order valence-corrected chi connectivity index (χ4v) is 2.36. The summed E-state index contributed by atoms with van der Waals surface area (Å²) < 4.78 is 0. The third-order valence-corrected chi connectivity index (χ3v) is 3.52. The van der Waals surface area contributed by atoms with E-state index >= 15 is 0 Å². The molecule has 0 aromatic heterocycles. The van der Waals surface area contributed by atoms with Crippen molar-refractivity contribution in [3.63, 3.8) is 0 Å². The van der Waals surface area contributed by atoms with Gasteiger partial charge in [0.1, 0.15) is 0 Å². The number of aliphatic hydroxyl groups is 1. The van der Waals surface area contributed by atoms with Crippen molar-refractivity contribution in [2.75, 3.05) is 13.2 Å². The number of nitrogens with one attached hydrogen (secondary N) is 1. The molecule has 0 saturated heterocycles. The minimum absolute atomic E-state index is 0.0424. The molecule has 0 radical (unpaired) electrons. The van der Waals surface area contributed by atoms with Gasteiger partial charge in [0.05, 0.1) is 6.61 Å². The second-order valence-electron chi connectivity index (χ2n) is 4.90. The minimum atomic E-state index is 0.0424. The van der Waals surface area contributed by atoms with E-state index in [9.17, 15) is 5.11 Å². The summed E-state index contributed by atoms with van der Waals surface area (Å²) in [6.07, 6.45) is 7.29. The smallest absolute Gasteiger partial charge is 0.0613 e. The van der Waals surface area contributed by atoms with Gasteiger partial charge in [-0.25, -0.2) is 0 Å². The zero-order chi connectivity index (χ0) is 10.4. The molecule has 2 atom stereocenters. The number of hydrogen-bond acceptors (Lipinski definition) is 2. The SMILES string of the molecule is CCCNC1(CO)CCCC(C)CC1. The van der Waals surface area contributed by atoms with Gasteiger partial charge in [-0.3, -0.25) is 0 Å². The third-order valence-electron chi connectivity index (χ3n) is 3.52. The highest BCUT2D eigenvalue weighted by molar-refractivity contribution is 4.89. The molecule has 0 heterocycles. The van der Waals surface area contributed by atoms with E-state index in [4.69, 9.17) is 0 Å². The topological polar surface area (TPSA) is 32.3 Å². The van der Waals surface area contributed by atoms with Crippen molar-refractivity contribution in [3.05, 3.63) is 0 Å². The number of aliphatic hydroxyl groups excluding tert-OH is 1. The first-order valence-electron chi connectivity index (χ1n) is 6.08. The number of rotatable bonds is 4. The Morgan fingerprint density at radius 1 is 1.36 bits per heavy atom. The van der Waals surface area contributed by atoms with Gasteiger partial charge in [0, 0.05) is 5.54 Å². The molecule has 1 aliphatic carbocycles. The van der Waals surface area contributed by atoms with E-state index in [1.807, 2.05) is 0 Å². The highest BCUT2D eigenvalue weighted by Crippen LogP contribution is 2.29. The molecule has 84 valence electrons. The van der Waals surface area contributed by atoms with Crippen molar-refractivity contribution in [1.82, 2.24) is 5.32 Å². The zero-order valence-electron chi connectivity index (χ0n) is 9.68. The molecule has 1 rings (SSSR count). The Kier molecular flexibility index (Phi) is 4.90. The summed E-state index contributed by atoms with van der Waals surface area (Å²) in [6.45, 7) is 5.85. The summed E-state index contributed by atoms with van der Waals surface area (Å²) in [4.78, 5) is 0. The Labute approximate surface area is 88.1 Å². The second-order valence-corrected chi connectivity index (χ2v) is 4.90. The molecule has 0 aliphatic heterocycles. The summed E-state index contributed by atoms with van der Waals surface area (Å²) in [5, 5.41) is 13.1. The molecular weight excluding hydrogens is 174 g/mol. The summed E-state index contributed by atoms with van der Waals surface area (Å²) in [5.74, 6) is 0.840. The van der Waals surface area contributed by atoms with Gasteiger partial charge in [0.25, 0.3) is 0 Å². The van der Waals surface area contributed by atoms with Crippen molar-refractivity contribution in [2.24, 2.45) is 5.92 Å². The van der Waals surface area contributed by atoms with Crippen molar-refractivity contribution in [1.29, 1.82) is 0 Å². The van der Waals surface area contributed by atoms with E-state index in [0.29, 0.717) is 6.61 Å². The van der Waals surface area contributed by atoms with E-state index in [2.05, 4.69) is 19.2 Å². The fourth-order valence-electron chi connectivity index (χ4n) is 2.36. The summed E-state index contributed by atoms with van der Waals surface area (Å²) in [7, 11) is 0. The van der Waals surface area contributed by atoms with E-state index in [-0.39, 0.29) is 5.54 Å². The Balaban J connectivity index is 2.49. The van der Waals surface area contributed by atoms with Gasteiger partial charge < -0.3 is 10.4 Å². The quantitative estimate of drug-likeness (QED) is 0.681. The maximum absolute atomic E-state index is 9.52. The molecular formula is C12H25NO. The van der Waals surface area contributed by atoms with Gasteiger partial charge in [-0.05, 0) is 38.1 Å². The van der Waals surface area contributed by atoms with Crippen LogP contribution in [0, 0.1) is 5.92 Å². The van der Waals surface area contributed by atoms with Crippen molar-refractivity contribution < 1.29 is 5.11 Å². The molecule has 2 nitrogen and oxygen atoms in total. The second kappa shape index (κ2) is 5.72. The lowest BCUT2D eigenvalue weighted by molar-refractivity contribution is 0.143. The van der Waals surface area contributed by atoms with Crippen molar-refractivity contribution in [2.45, 2.75) is 57.9 Å². The van der Waals surface area contributed by atoms with E-state index in [1.54, 1.807) is 0 Å². The summed E-state index contributed by atoms with van der Waals surface area (Å²) in [5.41, 5.74) is 0.0424. The molecule has 1 aliphatic rings. The fraction of sp³-hybridized carbons (Fsp3) is 1.00. The molecule has 14 heavy (non-hydrogen) atoms. The predicted octanol–water partition coefficient (Wildman–Crippen LogP) is 2.32. The van der Waals surface area contributed by atoms with Crippen LogP contribution in [0.1, 0.15) is 52.4 Å². The average Bonchev–Trinajstić information content (AvgIpc) is 2.39. The maximum Gasteiger partial charge on any atom is 0.0613 e.